The van der Waals surface area contributed by atoms with E-state index in [2.05, 4.69) is 30.4 Å². The number of ether oxygens (including phenoxy) is 1. The van der Waals surface area contributed by atoms with Crippen LogP contribution in [-0.4, -0.2) is 37.7 Å². The minimum Gasteiger partial charge on any atom is -0.492 e. The Morgan fingerprint density at radius 1 is 1.21 bits per heavy atom. The standard InChI is InChI=1S/C19H23FN2O2/c1-15-4-3-5-16(14-15)10-11-21-19(23)22(2)12-13-24-18-8-6-17(20)7-9-18/h3-9,14H,10-13H2,1-2H3,(H,21,23). The van der Waals surface area contributed by atoms with Crippen molar-refractivity contribution in [3.63, 3.8) is 0 Å². The highest BCUT2D eigenvalue weighted by atomic mass is 19.1. The third-order valence-corrected chi connectivity index (χ3v) is 3.63. The van der Waals surface area contributed by atoms with Crippen molar-refractivity contribution in [2.75, 3.05) is 26.7 Å². The highest BCUT2D eigenvalue weighted by molar-refractivity contribution is 5.73. The number of hydrogen-bond donors (Lipinski definition) is 1. The molecule has 0 saturated carbocycles. The fourth-order valence-electron chi connectivity index (χ4n) is 2.25. The number of likely N-dealkylation sites (N-methyl/N-ethyl adjacent to an activating group) is 1. The zero-order chi connectivity index (χ0) is 17.4. The number of nitrogens with zero attached hydrogens (tertiary/aromatic N) is 1. The minimum absolute atomic E-state index is 0.134. The molecule has 128 valence electrons. The summed E-state index contributed by atoms with van der Waals surface area (Å²) < 4.78 is 18.3. The molecule has 0 unspecified atom stereocenters. The molecule has 0 aromatic heterocycles. The van der Waals surface area contributed by atoms with E-state index < -0.39 is 0 Å². The Kier molecular flexibility index (Phi) is 6.61. The molecule has 2 amide bonds. The van der Waals surface area contributed by atoms with Crippen LogP contribution in [0, 0.1) is 12.7 Å². The number of hydrogen-bond acceptors (Lipinski definition) is 2. The lowest BCUT2D eigenvalue weighted by Gasteiger charge is -2.18. The average molecular weight is 330 g/mol. The van der Waals surface area contributed by atoms with Gasteiger partial charge in [-0.05, 0) is 43.2 Å². The number of carbonyl (C=O) groups excluding carboxylic acids is 1. The number of rotatable bonds is 7. The van der Waals surface area contributed by atoms with E-state index in [1.165, 1.54) is 23.3 Å². The summed E-state index contributed by atoms with van der Waals surface area (Å²) in [5, 5.41) is 2.89. The van der Waals surface area contributed by atoms with Gasteiger partial charge >= 0.3 is 6.03 Å². The van der Waals surface area contributed by atoms with E-state index in [-0.39, 0.29) is 11.8 Å². The quantitative estimate of drug-likeness (QED) is 0.845. The molecule has 4 nitrogen and oxygen atoms in total. The van der Waals surface area contributed by atoms with Crippen LogP contribution in [0.25, 0.3) is 0 Å². The first-order chi connectivity index (χ1) is 11.5. The lowest BCUT2D eigenvalue weighted by molar-refractivity contribution is 0.195. The number of amides is 2. The topological polar surface area (TPSA) is 41.6 Å². The van der Waals surface area contributed by atoms with E-state index in [4.69, 9.17) is 4.74 Å². The van der Waals surface area contributed by atoms with E-state index in [1.807, 2.05) is 6.07 Å². The number of halogens is 1. The summed E-state index contributed by atoms with van der Waals surface area (Å²) in [6, 6.07) is 13.9. The summed E-state index contributed by atoms with van der Waals surface area (Å²) in [4.78, 5) is 13.6. The molecule has 24 heavy (non-hydrogen) atoms. The Balaban J connectivity index is 1.65. The monoisotopic (exact) mass is 330 g/mol. The Labute approximate surface area is 142 Å². The molecule has 0 aliphatic rings. The number of aryl methyl sites for hydroxylation is 1. The van der Waals surface area contributed by atoms with Gasteiger partial charge in [0.15, 0.2) is 0 Å². The highest BCUT2D eigenvalue weighted by Crippen LogP contribution is 2.10. The molecule has 2 aromatic carbocycles. The zero-order valence-electron chi connectivity index (χ0n) is 14.1. The highest BCUT2D eigenvalue weighted by Gasteiger charge is 2.07. The molecule has 5 heteroatoms. The van der Waals surface area contributed by atoms with Crippen molar-refractivity contribution >= 4 is 6.03 Å². The maximum absolute atomic E-state index is 12.8. The van der Waals surface area contributed by atoms with Crippen LogP contribution in [0.2, 0.25) is 0 Å². The summed E-state index contributed by atoms with van der Waals surface area (Å²) in [7, 11) is 1.72. The summed E-state index contributed by atoms with van der Waals surface area (Å²) in [5.41, 5.74) is 2.42. The van der Waals surface area contributed by atoms with Crippen LogP contribution in [-0.2, 0) is 6.42 Å². The molecule has 0 aliphatic heterocycles. The molecule has 0 spiro atoms. The van der Waals surface area contributed by atoms with E-state index in [9.17, 15) is 9.18 Å². The molecule has 0 aliphatic carbocycles. The lowest BCUT2D eigenvalue weighted by Crippen LogP contribution is -2.40. The summed E-state index contributed by atoms with van der Waals surface area (Å²) >= 11 is 0. The molecule has 1 N–H and O–H groups in total. The van der Waals surface area contributed by atoms with Gasteiger partial charge in [-0.3, -0.25) is 0 Å². The molecular formula is C19H23FN2O2. The minimum atomic E-state index is -0.299. The lowest BCUT2D eigenvalue weighted by atomic mass is 10.1. The van der Waals surface area contributed by atoms with Gasteiger partial charge in [-0.15, -0.1) is 0 Å². The van der Waals surface area contributed by atoms with E-state index >= 15 is 0 Å². The van der Waals surface area contributed by atoms with Crippen molar-refractivity contribution in [2.24, 2.45) is 0 Å². The van der Waals surface area contributed by atoms with Crippen LogP contribution in [0.15, 0.2) is 48.5 Å². The smallest absolute Gasteiger partial charge is 0.317 e. The van der Waals surface area contributed by atoms with Gasteiger partial charge in [0.25, 0.3) is 0 Å². The van der Waals surface area contributed by atoms with Crippen molar-refractivity contribution in [1.29, 1.82) is 0 Å². The van der Waals surface area contributed by atoms with Gasteiger partial charge in [0.1, 0.15) is 18.2 Å². The molecule has 0 radical (unpaired) electrons. The van der Waals surface area contributed by atoms with Crippen molar-refractivity contribution in [1.82, 2.24) is 10.2 Å². The fraction of sp³-hybridized carbons (Fsp3) is 0.316. The van der Waals surface area contributed by atoms with Gasteiger partial charge in [0.2, 0.25) is 0 Å². The van der Waals surface area contributed by atoms with Crippen molar-refractivity contribution in [2.45, 2.75) is 13.3 Å². The van der Waals surface area contributed by atoms with Crippen LogP contribution in [0.3, 0.4) is 0 Å². The number of nitrogens with one attached hydrogen (secondary N) is 1. The van der Waals surface area contributed by atoms with Gasteiger partial charge in [-0.2, -0.15) is 0 Å². The molecule has 0 heterocycles. The Morgan fingerprint density at radius 2 is 1.96 bits per heavy atom. The van der Waals surface area contributed by atoms with Crippen molar-refractivity contribution in [3.05, 3.63) is 65.5 Å². The fourth-order valence-corrected chi connectivity index (χ4v) is 2.25. The predicted molar refractivity (Wildman–Crippen MR) is 92.8 cm³/mol. The first-order valence-electron chi connectivity index (χ1n) is 7.97. The van der Waals surface area contributed by atoms with E-state index in [1.54, 1.807) is 24.1 Å². The largest absolute Gasteiger partial charge is 0.492 e. The first kappa shape index (κ1) is 17.8. The molecular weight excluding hydrogens is 307 g/mol. The Morgan fingerprint density at radius 3 is 2.67 bits per heavy atom. The molecule has 2 aromatic rings. The third kappa shape index (κ3) is 5.91. The van der Waals surface area contributed by atoms with Gasteiger partial charge in [-0.1, -0.05) is 29.8 Å². The van der Waals surface area contributed by atoms with Crippen LogP contribution in [0.1, 0.15) is 11.1 Å². The van der Waals surface area contributed by atoms with E-state index in [0.717, 1.165) is 6.42 Å². The number of benzene rings is 2. The van der Waals surface area contributed by atoms with Crippen molar-refractivity contribution < 1.29 is 13.9 Å². The maximum atomic E-state index is 12.8. The molecule has 0 bridgehead atoms. The summed E-state index contributed by atoms with van der Waals surface area (Å²) in [5.74, 6) is 0.289. The second-order valence-corrected chi connectivity index (χ2v) is 5.69. The molecule has 0 fully saturated rings. The Bertz CT molecular complexity index is 659. The predicted octanol–water partition coefficient (Wildman–Crippen LogP) is 3.40. The first-order valence-corrected chi connectivity index (χ1v) is 7.97. The van der Waals surface area contributed by atoms with Gasteiger partial charge in [0.05, 0.1) is 6.54 Å². The van der Waals surface area contributed by atoms with Crippen molar-refractivity contribution in [3.8, 4) is 5.75 Å². The van der Waals surface area contributed by atoms with Gasteiger partial charge in [0, 0.05) is 13.6 Å². The average Bonchev–Trinajstić information content (AvgIpc) is 2.56. The SMILES string of the molecule is Cc1cccc(CCNC(=O)N(C)CCOc2ccc(F)cc2)c1. The van der Waals surface area contributed by atoms with E-state index in [0.29, 0.717) is 25.4 Å². The van der Waals surface area contributed by atoms with Crippen LogP contribution >= 0.6 is 0 Å². The van der Waals surface area contributed by atoms with Gasteiger partial charge in [-0.25, -0.2) is 9.18 Å². The van der Waals surface area contributed by atoms with Gasteiger partial charge < -0.3 is 15.0 Å². The molecule has 0 saturated heterocycles. The number of carbonyl (C=O) groups is 1. The van der Waals surface area contributed by atoms with Crippen LogP contribution in [0.5, 0.6) is 5.75 Å². The normalized spacial score (nSPS) is 10.3. The Hall–Kier alpha value is -2.56. The maximum Gasteiger partial charge on any atom is 0.317 e. The van der Waals surface area contributed by atoms with Crippen LogP contribution in [0.4, 0.5) is 9.18 Å². The van der Waals surface area contributed by atoms with Crippen LogP contribution < -0.4 is 10.1 Å². The molecule has 2 rings (SSSR count). The summed E-state index contributed by atoms with van der Waals surface area (Å²) in [6.45, 7) is 3.45. The summed E-state index contributed by atoms with van der Waals surface area (Å²) in [6.07, 6.45) is 0.799. The third-order valence-electron chi connectivity index (χ3n) is 3.63. The molecule has 0 atom stereocenters. The second-order valence-electron chi connectivity index (χ2n) is 5.69. The number of urea groups is 1. The zero-order valence-corrected chi connectivity index (χ0v) is 14.1. The second kappa shape index (κ2) is 8.91.